The monoisotopic (exact) mass is 268 g/mol. The summed E-state index contributed by atoms with van der Waals surface area (Å²) in [6.45, 7) is 2.69. The maximum atomic E-state index is 10.9. The molecule has 8 heteroatoms. The third-order valence-corrected chi connectivity index (χ3v) is 3.45. The van der Waals surface area contributed by atoms with Crippen molar-refractivity contribution >= 4 is 22.1 Å². The van der Waals surface area contributed by atoms with Crippen molar-refractivity contribution in [2.75, 3.05) is 5.75 Å². The molecule has 100 valence electrons. The molecule has 0 aromatic heterocycles. The van der Waals surface area contributed by atoms with Gasteiger partial charge in [0.15, 0.2) is 0 Å². The van der Waals surface area contributed by atoms with Crippen LogP contribution in [0.2, 0.25) is 0 Å². The van der Waals surface area contributed by atoms with Crippen molar-refractivity contribution in [3.8, 4) is 0 Å². The molecule has 0 spiro atoms. The second kappa shape index (κ2) is 5.97. The number of hydrogen-bond donors (Lipinski definition) is 3. The average molecular weight is 268 g/mol. The van der Waals surface area contributed by atoms with Crippen LogP contribution in [-0.2, 0) is 19.7 Å². The Kier molecular flexibility index (Phi) is 5.56. The van der Waals surface area contributed by atoms with Crippen molar-refractivity contribution in [3.05, 3.63) is 0 Å². The maximum absolute atomic E-state index is 10.9. The van der Waals surface area contributed by atoms with E-state index in [1.54, 1.807) is 0 Å². The Morgan fingerprint density at radius 2 is 1.59 bits per heavy atom. The van der Waals surface area contributed by atoms with Crippen molar-refractivity contribution in [2.45, 2.75) is 20.3 Å². The van der Waals surface area contributed by atoms with Crippen LogP contribution >= 0.6 is 0 Å². The van der Waals surface area contributed by atoms with Crippen LogP contribution in [-0.4, -0.2) is 40.9 Å². The Hall–Kier alpha value is -1.15. The molecule has 0 saturated heterocycles. The van der Waals surface area contributed by atoms with E-state index in [4.69, 9.17) is 14.8 Å². The van der Waals surface area contributed by atoms with E-state index >= 15 is 0 Å². The minimum atomic E-state index is -4.18. The summed E-state index contributed by atoms with van der Waals surface area (Å²) in [7, 11) is -4.18. The quantitative estimate of drug-likeness (QED) is 0.567. The molecule has 3 N–H and O–H groups in total. The molecule has 0 amide bonds. The van der Waals surface area contributed by atoms with E-state index in [0.717, 1.165) is 0 Å². The van der Waals surface area contributed by atoms with Gasteiger partial charge in [0.1, 0.15) is 0 Å². The first-order chi connectivity index (χ1) is 7.54. The first-order valence-electron chi connectivity index (χ1n) is 4.95. The van der Waals surface area contributed by atoms with Gasteiger partial charge in [-0.05, 0) is 12.3 Å². The van der Waals surface area contributed by atoms with Gasteiger partial charge in [-0.3, -0.25) is 14.1 Å². The summed E-state index contributed by atoms with van der Waals surface area (Å²) in [6.07, 6.45) is -0.122. The topological polar surface area (TPSA) is 129 Å². The number of aliphatic carboxylic acids is 2. The van der Waals surface area contributed by atoms with E-state index in [1.807, 2.05) is 0 Å². The highest BCUT2D eigenvalue weighted by atomic mass is 32.2. The first-order valence-corrected chi connectivity index (χ1v) is 6.56. The van der Waals surface area contributed by atoms with Crippen LogP contribution in [0.15, 0.2) is 0 Å². The second-order valence-corrected chi connectivity index (χ2v) is 5.66. The Labute approximate surface area is 99.2 Å². The zero-order chi connectivity index (χ0) is 13.8. The summed E-state index contributed by atoms with van der Waals surface area (Å²) in [5.74, 6) is -6.05. The number of carbonyl (C=O) groups is 2. The van der Waals surface area contributed by atoms with Crippen molar-refractivity contribution in [3.63, 3.8) is 0 Å². The van der Waals surface area contributed by atoms with Crippen LogP contribution in [0.25, 0.3) is 0 Å². The highest BCUT2D eigenvalue weighted by molar-refractivity contribution is 7.85. The molecule has 0 fully saturated rings. The molecular formula is C9H16O7S. The SMILES string of the molecule is CC(CC(C(=O)O)C(C)C(=O)O)CS(=O)(=O)O. The summed E-state index contributed by atoms with van der Waals surface area (Å²) >= 11 is 0. The van der Waals surface area contributed by atoms with Gasteiger partial charge in [-0.1, -0.05) is 13.8 Å². The van der Waals surface area contributed by atoms with Crippen LogP contribution in [0.4, 0.5) is 0 Å². The Balaban J connectivity index is 4.67. The molecule has 17 heavy (non-hydrogen) atoms. The summed E-state index contributed by atoms with van der Waals surface area (Å²) in [5, 5.41) is 17.6. The Morgan fingerprint density at radius 1 is 1.12 bits per heavy atom. The fourth-order valence-electron chi connectivity index (χ4n) is 1.55. The van der Waals surface area contributed by atoms with E-state index in [0.29, 0.717) is 0 Å². The maximum Gasteiger partial charge on any atom is 0.307 e. The molecule has 0 aliphatic heterocycles. The highest BCUT2D eigenvalue weighted by Crippen LogP contribution is 2.22. The third-order valence-electron chi connectivity index (χ3n) is 2.46. The van der Waals surface area contributed by atoms with Crippen LogP contribution < -0.4 is 0 Å². The molecule has 0 heterocycles. The van der Waals surface area contributed by atoms with Crippen molar-refractivity contribution in [1.82, 2.24) is 0 Å². The molecule has 0 aromatic rings. The van der Waals surface area contributed by atoms with Crippen molar-refractivity contribution in [1.29, 1.82) is 0 Å². The van der Waals surface area contributed by atoms with Crippen LogP contribution in [0.3, 0.4) is 0 Å². The largest absolute Gasteiger partial charge is 0.481 e. The fourth-order valence-corrected chi connectivity index (χ4v) is 2.41. The van der Waals surface area contributed by atoms with E-state index in [1.165, 1.54) is 13.8 Å². The smallest absolute Gasteiger partial charge is 0.307 e. The van der Waals surface area contributed by atoms with Crippen LogP contribution in [0.5, 0.6) is 0 Å². The molecular weight excluding hydrogens is 252 g/mol. The van der Waals surface area contributed by atoms with E-state index in [-0.39, 0.29) is 6.42 Å². The van der Waals surface area contributed by atoms with Crippen LogP contribution in [0.1, 0.15) is 20.3 Å². The Morgan fingerprint density at radius 3 is 1.88 bits per heavy atom. The normalized spacial score (nSPS) is 17.1. The average Bonchev–Trinajstić information content (AvgIpc) is 2.09. The number of hydrogen-bond acceptors (Lipinski definition) is 4. The molecule has 3 unspecified atom stereocenters. The van der Waals surface area contributed by atoms with Gasteiger partial charge in [-0.15, -0.1) is 0 Å². The minimum absolute atomic E-state index is 0.122. The standard InChI is InChI=1S/C9H16O7S/c1-5(4-17(14,15)16)3-7(9(12)13)6(2)8(10)11/h5-7H,3-4H2,1-2H3,(H,10,11)(H,12,13)(H,14,15,16). The first kappa shape index (κ1) is 15.9. The third kappa shape index (κ3) is 6.22. The van der Waals surface area contributed by atoms with Gasteiger partial charge < -0.3 is 10.2 Å². The lowest BCUT2D eigenvalue weighted by Crippen LogP contribution is -2.30. The van der Waals surface area contributed by atoms with E-state index in [2.05, 4.69) is 0 Å². The molecule has 0 aromatic carbocycles. The van der Waals surface area contributed by atoms with Gasteiger partial charge in [0.05, 0.1) is 17.6 Å². The zero-order valence-corrected chi connectivity index (χ0v) is 10.3. The molecule has 0 radical (unpaired) electrons. The van der Waals surface area contributed by atoms with E-state index < -0.39 is 45.6 Å². The highest BCUT2D eigenvalue weighted by Gasteiger charge is 2.32. The van der Waals surface area contributed by atoms with Gasteiger partial charge in [0.25, 0.3) is 10.1 Å². The molecule has 0 rings (SSSR count). The van der Waals surface area contributed by atoms with Gasteiger partial charge in [0, 0.05) is 0 Å². The predicted octanol–water partition coefficient (Wildman–Crippen LogP) is 0.322. The summed E-state index contributed by atoms with van der Waals surface area (Å²) in [5.41, 5.74) is 0. The van der Waals surface area contributed by atoms with Crippen molar-refractivity contribution < 1.29 is 32.8 Å². The lowest BCUT2D eigenvalue weighted by molar-refractivity contribution is -0.153. The lowest BCUT2D eigenvalue weighted by Gasteiger charge is -2.19. The number of carboxylic acids is 2. The van der Waals surface area contributed by atoms with Crippen LogP contribution in [0, 0.1) is 17.8 Å². The lowest BCUT2D eigenvalue weighted by atomic mass is 9.86. The van der Waals surface area contributed by atoms with Crippen molar-refractivity contribution in [2.24, 2.45) is 17.8 Å². The summed E-state index contributed by atoms with van der Waals surface area (Å²) < 4.78 is 29.8. The minimum Gasteiger partial charge on any atom is -0.481 e. The van der Waals surface area contributed by atoms with Gasteiger partial charge in [-0.25, -0.2) is 0 Å². The van der Waals surface area contributed by atoms with Gasteiger partial charge in [0.2, 0.25) is 0 Å². The molecule has 3 atom stereocenters. The molecule has 0 aliphatic rings. The molecule has 0 saturated carbocycles. The summed E-state index contributed by atoms with van der Waals surface area (Å²) in [6, 6.07) is 0. The number of carboxylic acid groups (broad SMARTS) is 2. The van der Waals surface area contributed by atoms with E-state index in [9.17, 15) is 18.0 Å². The summed E-state index contributed by atoms with van der Waals surface area (Å²) in [4.78, 5) is 21.6. The number of rotatable bonds is 7. The van der Waals surface area contributed by atoms with Gasteiger partial charge >= 0.3 is 11.9 Å². The molecule has 0 bridgehead atoms. The fraction of sp³-hybridized carbons (Fsp3) is 0.778. The predicted molar refractivity (Wildman–Crippen MR) is 58.1 cm³/mol. The second-order valence-electron chi connectivity index (χ2n) is 4.16. The molecule has 0 aliphatic carbocycles. The zero-order valence-electron chi connectivity index (χ0n) is 9.53. The Bertz CT molecular complexity index is 386. The van der Waals surface area contributed by atoms with Gasteiger partial charge in [-0.2, -0.15) is 8.42 Å². The molecule has 7 nitrogen and oxygen atoms in total.